The highest BCUT2D eigenvalue weighted by atomic mass is 32.1. The van der Waals surface area contributed by atoms with Crippen molar-refractivity contribution in [2.75, 3.05) is 0 Å². The van der Waals surface area contributed by atoms with Crippen LogP contribution in [0, 0.1) is 0 Å². The lowest BCUT2D eigenvalue weighted by atomic mass is 10.2. The van der Waals surface area contributed by atoms with Crippen molar-refractivity contribution in [3.8, 4) is 10.6 Å². The van der Waals surface area contributed by atoms with Crippen molar-refractivity contribution in [3.05, 3.63) is 41.6 Å². The molecule has 3 heteroatoms. The summed E-state index contributed by atoms with van der Waals surface area (Å²) < 4.78 is 5.54. The summed E-state index contributed by atoms with van der Waals surface area (Å²) in [6.07, 6.45) is 3.76. The van der Waals surface area contributed by atoms with Crippen LogP contribution < -0.4 is 0 Å². The first kappa shape index (κ1) is 10.5. The van der Waals surface area contributed by atoms with Crippen LogP contribution in [0.5, 0.6) is 0 Å². The van der Waals surface area contributed by atoms with Crippen molar-refractivity contribution in [2.24, 2.45) is 0 Å². The predicted molar refractivity (Wildman–Crippen MR) is 71.4 cm³/mol. The van der Waals surface area contributed by atoms with Gasteiger partial charge in [-0.25, -0.2) is 4.98 Å². The van der Waals surface area contributed by atoms with E-state index in [1.54, 1.807) is 17.6 Å². The molecule has 0 atom stereocenters. The summed E-state index contributed by atoms with van der Waals surface area (Å²) in [5.41, 5.74) is 2.02. The summed E-state index contributed by atoms with van der Waals surface area (Å²) >= 11 is 1.74. The van der Waals surface area contributed by atoms with E-state index >= 15 is 0 Å². The number of nitrogens with zero attached hydrogens (tertiary/aromatic N) is 1. The van der Waals surface area contributed by atoms with E-state index < -0.39 is 0 Å². The number of furan rings is 1. The molecule has 3 rings (SSSR count). The second-order valence-electron chi connectivity index (χ2n) is 4.37. The van der Waals surface area contributed by atoms with Gasteiger partial charge in [0.2, 0.25) is 0 Å². The first-order chi connectivity index (χ1) is 8.25. The van der Waals surface area contributed by atoms with Crippen LogP contribution in [0.2, 0.25) is 0 Å². The Morgan fingerprint density at radius 2 is 2.06 bits per heavy atom. The van der Waals surface area contributed by atoms with Crippen molar-refractivity contribution in [3.63, 3.8) is 0 Å². The van der Waals surface area contributed by atoms with Crippen LogP contribution in [0.4, 0.5) is 0 Å². The molecule has 2 aromatic heterocycles. The average Bonchev–Trinajstić information content (AvgIpc) is 2.95. The molecule has 0 spiro atoms. The maximum absolute atomic E-state index is 5.54. The summed E-state index contributed by atoms with van der Waals surface area (Å²) in [6, 6.07) is 8.07. The van der Waals surface area contributed by atoms with Crippen LogP contribution in [0.3, 0.4) is 0 Å². The Labute approximate surface area is 104 Å². The zero-order valence-electron chi connectivity index (χ0n) is 9.81. The average molecular weight is 243 g/mol. The highest BCUT2D eigenvalue weighted by Crippen LogP contribution is 2.34. The minimum absolute atomic E-state index is 0.527. The number of benzene rings is 1. The summed E-state index contributed by atoms with van der Waals surface area (Å²) in [7, 11) is 0. The van der Waals surface area contributed by atoms with Gasteiger partial charge in [-0.05, 0) is 12.0 Å². The lowest BCUT2D eigenvalue weighted by Crippen LogP contribution is -1.77. The third-order valence-electron chi connectivity index (χ3n) is 2.80. The number of aromatic nitrogens is 1. The van der Waals surface area contributed by atoms with Crippen molar-refractivity contribution >= 4 is 22.3 Å². The summed E-state index contributed by atoms with van der Waals surface area (Å²) in [5, 5.41) is 2.18. The molecule has 1 aromatic carbocycles. The Bertz CT molecular complexity index is 651. The molecule has 3 aromatic rings. The van der Waals surface area contributed by atoms with Gasteiger partial charge in [-0.3, -0.25) is 0 Å². The molecule has 17 heavy (non-hydrogen) atoms. The van der Waals surface area contributed by atoms with E-state index in [1.165, 1.54) is 4.88 Å². The van der Waals surface area contributed by atoms with Gasteiger partial charge in [-0.1, -0.05) is 32.0 Å². The van der Waals surface area contributed by atoms with E-state index in [0.717, 1.165) is 21.5 Å². The third kappa shape index (κ3) is 1.76. The first-order valence-corrected chi connectivity index (χ1v) is 6.49. The topological polar surface area (TPSA) is 26.0 Å². The molecule has 0 fully saturated rings. The van der Waals surface area contributed by atoms with E-state index in [0.29, 0.717) is 5.92 Å². The summed E-state index contributed by atoms with van der Waals surface area (Å²) in [6.45, 7) is 4.37. The quantitative estimate of drug-likeness (QED) is 0.653. The van der Waals surface area contributed by atoms with Gasteiger partial charge in [0, 0.05) is 16.5 Å². The van der Waals surface area contributed by atoms with E-state index in [9.17, 15) is 0 Å². The first-order valence-electron chi connectivity index (χ1n) is 5.68. The standard InChI is InChI=1S/C14H13NOS/c1-9(2)13-7-15-14(17-13)11-8-16-12-6-4-3-5-10(11)12/h3-9H,1-2H3. The van der Waals surface area contributed by atoms with Crippen LogP contribution >= 0.6 is 11.3 Å². The second kappa shape index (κ2) is 4.00. The third-order valence-corrected chi connectivity index (χ3v) is 4.14. The highest BCUT2D eigenvalue weighted by molar-refractivity contribution is 7.15. The second-order valence-corrected chi connectivity index (χ2v) is 5.43. The summed E-state index contributed by atoms with van der Waals surface area (Å²) in [4.78, 5) is 5.80. The van der Waals surface area contributed by atoms with Gasteiger partial charge in [0.25, 0.3) is 0 Å². The van der Waals surface area contributed by atoms with Gasteiger partial charge >= 0.3 is 0 Å². The smallest absolute Gasteiger partial charge is 0.134 e. The number of hydrogen-bond donors (Lipinski definition) is 0. The largest absolute Gasteiger partial charge is 0.464 e. The summed E-state index contributed by atoms with van der Waals surface area (Å²) in [5.74, 6) is 0.527. The molecule has 86 valence electrons. The van der Waals surface area contributed by atoms with E-state index in [2.05, 4.69) is 24.9 Å². The molecule has 0 radical (unpaired) electrons. The molecular formula is C14H13NOS. The molecule has 0 bridgehead atoms. The SMILES string of the molecule is CC(C)c1cnc(-c2coc3ccccc23)s1. The molecule has 2 heterocycles. The van der Waals surface area contributed by atoms with Crippen LogP contribution in [-0.2, 0) is 0 Å². The Kier molecular flexibility index (Phi) is 2.48. The zero-order chi connectivity index (χ0) is 11.8. The molecule has 0 N–H and O–H groups in total. The van der Waals surface area contributed by atoms with Crippen molar-refractivity contribution in [2.45, 2.75) is 19.8 Å². The van der Waals surface area contributed by atoms with Crippen molar-refractivity contribution < 1.29 is 4.42 Å². The number of hydrogen-bond acceptors (Lipinski definition) is 3. The molecule has 0 aliphatic heterocycles. The Hall–Kier alpha value is -1.61. The fraction of sp³-hybridized carbons (Fsp3) is 0.214. The number of rotatable bonds is 2. The molecule has 0 saturated carbocycles. The Morgan fingerprint density at radius 1 is 1.24 bits per heavy atom. The Morgan fingerprint density at radius 3 is 2.82 bits per heavy atom. The van der Waals surface area contributed by atoms with Gasteiger partial charge in [-0.15, -0.1) is 11.3 Å². The van der Waals surface area contributed by atoms with Gasteiger partial charge in [-0.2, -0.15) is 0 Å². The maximum atomic E-state index is 5.54. The van der Waals surface area contributed by atoms with Crippen LogP contribution in [0.1, 0.15) is 24.6 Å². The van der Waals surface area contributed by atoms with E-state index in [1.807, 2.05) is 24.4 Å². The molecule has 0 amide bonds. The van der Waals surface area contributed by atoms with Crippen LogP contribution in [-0.4, -0.2) is 4.98 Å². The van der Waals surface area contributed by atoms with E-state index in [-0.39, 0.29) is 0 Å². The number of fused-ring (bicyclic) bond motifs is 1. The van der Waals surface area contributed by atoms with Crippen LogP contribution in [0.15, 0.2) is 41.1 Å². The molecular weight excluding hydrogens is 230 g/mol. The van der Waals surface area contributed by atoms with Gasteiger partial charge < -0.3 is 4.42 Å². The fourth-order valence-corrected chi connectivity index (χ4v) is 2.76. The van der Waals surface area contributed by atoms with Gasteiger partial charge in [0.1, 0.15) is 16.9 Å². The lowest BCUT2D eigenvalue weighted by molar-refractivity contribution is 0.617. The number of thiazole rings is 1. The number of para-hydroxylation sites is 1. The Balaban J connectivity index is 2.14. The molecule has 0 unspecified atom stereocenters. The van der Waals surface area contributed by atoms with Crippen molar-refractivity contribution in [1.82, 2.24) is 4.98 Å². The lowest BCUT2D eigenvalue weighted by Gasteiger charge is -1.96. The minimum atomic E-state index is 0.527. The molecule has 0 aliphatic carbocycles. The molecule has 0 saturated heterocycles. The monoisotopic (exact) mass is 243 g/mol. The molecule has 0 aliphatic rings. The van der Waals surface area contributed by atoms with Crippen molar-refractivity contribution in [1.29, 1.82) is 0 Å². The maximum Gasteiger partial charge on any atom is 0.134 e. The molecule has 2 nitrogen and oxygen atoms in total. The zero-order valence-corrected chi connectivity index (χ0v) is 10.6. The van der Waals surface area contributed by atoms with E-state index in [4.69, 9.17) is 4.42 Å². The van der Waals surface area contributed by atoms with Gasteiger partial charge in [0.05, 0.1) is 5.56 Å². The van der Waals surface area contributed by atoms with Gasteiger partial charge in [0.15, 0.2) is 0 Å². The normalized spacial score (nSPS) is 11.5. The van der Waals surface area contributed by atoms with Crippen LogP contribution in [0.25, 0.3) is 21.5 Å². The minimum Gasteiger partial charge on any atom is -0.464 e. The predicted octanol–water partition coefficient (Wildman–Crippen LogP) is 4.68. The highest BCUT2D eigenvalue weighted by Gasteiger charge is 2.12. The fourth-order valence-electron chi connectivity index (χ4n) is 1.82.